The topological polar surface area (TPSA) is 88.1 Å². The number of ether oxygens (including phenoxy) is 1. The van der Waals surface area contributed by atoms with Gasteiger partial charge >= 0.3 is 0 Å². The minimum atomic E-state index is -3.79. The number of piperidine rings is 1. The fraction of sp³-hybridized carbons (Fsp3) is 0.304. The lowest BCUT2D eigenvalue weighted by Crippen LogP contribution is -2.41. The van der Waals surface area contributed by atoms with Crippen LogP contribution in [-0.4, -0.2) is 45.3 Å². The van der Waals surface area contributed by atoms with E-state index in [1.807, 2.05) is 4.90 Å². The molecule has 2 aromatic rings. The molecule has 0 bridgehead atoms. The highest BCUT2D eigenvalue weighted by Gasteiger charge is 2.35. The Morgan fingerprint density at radius 1 is 1.09 bits per heavy atom. The zero-order valence-corrected chi connectivity index (χ0v) is 19.4. The van der Waals surface area contributed by atoms with Crippen LogP contribution in [0.3, 0.4) is 0 Å². The van der Waals surface area contributed by atoms with Crippen molar-refractivity contribution in [3.63, 3.8) is 0 Å². The molecule has 0 radical (unpaired) electrons. The van der Waals surface area contributed by atoms with E-state index in [4.69, 9.17) is 16.3 Å². The molecule has 4 rings (SSSR count). The van der Waals surface area contributed by atoms with E-state index in [2.05, 4.69) is 9.71 Å². The first-order valence-electron chi connectivity index (χ1n) is 10.3. The number of anilines is 1. The average molecular weight is 474 g/mol. The second-order valence-electron chi connectivity index (χ2n) is 7.83. The largest absolute Gasteiger partial charge is 0.497 e. The highest BCUT2D eigenvalue weighted by atomic mass is 35.5. The van der Waals surface area contributed by atoms with Gasteiger partial charge in [0.1, 0.15) is 16.5 Å². The summed E-state index contributed by atoms with van der Waals surface area (Å²) in [6.45, 7) is 2.89. The van der Waals surface area contributed by atoms with E-state index in [-0.39, 0.29) is 16.7 Å². The molecule has 1 amide bonds. The molecule has 1 fully saturated rings. The number of carbonyl (C=O) groups is 1. The summed E-state index contributed by atoms with van der Waals surface area (Å²) in [5.41, 5.74) is 1.91. The highest BCUT2D eigenvalue weighted by Crippen LogP contribution is 2.35. The van der Waals surface area contributed by atoms with Crippen molar-refractivity contribution < 1.29 is 17.9 Å². The molecule has 0 unspecified atom stereocenters. The molecule has 0 aromatic heterocycles. The van der Waals surface area contributed by atoms with Crippen molar-refractivity contribution in [2.24, 2.45) is 10.3 Å². The molecule has 2 aliphatic rings. The van der Waals surface area contributed by atoms with Crippen molar-refractivity contribution in [3.8, 4) is 5.75 Å². The Morgan fingerprint density at radius 3 is 2.31 bits per heavy atom. The molecular weight excluding hydrogens is 450 g/mol. The number of methoxy groups -OCH3 is 1. The maximum absolute atomic E-state index is 12.8. The number of carbonyl (C=O) groups excluding carboxylic acids is 1. The van der Waals surface area contributed by atoms with Crippen molar-refractivity contribution in [3.05, 3.63) is 64.7 Å². The fourth-order valence-electron chi connectivity index (χ4n) is 4.06. The van der Waals surface area contributed by atoms with E-state index >= 15 is 0 Å². The van der Waals surface area contributed by atoms with E-state index in [0.29, 0.717) is 59.4 Å². The second kappa shape index (κ2) is 8.96. The number of rotatable bonds is 4. The van der Waals surface area contributed by atoms with E-state index in [0.717, 1.165) is 0 Å². The number of amidine groups is 1. The van der Waals surface area contributed by atoms with Gasteiger partial charge < -0.3 is 15.0 Å². The van der Waals surface area contributed by atoms with Crippen LogP contribution < -0.4 is 10.1 Å². The molecule has 168 valence electrons. The summed E-state index contributed by atoms with van der Waals surface area (Å²) < 4.78 is 34.8. The summed E-state index contributed by atoms with van der Waals surface area (Å²) >= 11 is 5.89. The Bertz CT molecular complexity index is 1180. The maximum atomic E-state index is 12.8. The first-order valence-corrected chi connectivity index (χ1v) is 12.1. The SMILES string of the molecule is COc1ccc(C2=C(C)C(N3CCC(C(=O)Nc4ccc(Cl)cc4)CC3)=NS2(=O)=O)cc1. The summed E-state index contributed by atoms with van der Waals surface area (Å²) in [7, 11) is -2.22. The number of benzene rings is 2. The Balaban J connectivity index is 1.45. The van der Waals surface area contributed by atoms with Gasteiger partial charge in [-0.05, 0) is 73.9 Å². The summed E-state index contributed by atoms with van der Waals surface area (Å²) in [6, 6.07) is 13.9. The van der Waals surface area contributed by atoms with Gasteiger partial charge in [0.05, 0.1) is 7.11 Å². The number of hydrogen-bond acceptors (Lipinski definition) is 5. The van der Waals surface area contributed by atoms with E-state index in [1.54, 1.807) is 62.6 Å². The smallest absolute Gasteiger partial charge is 0.285 e. The Kier molecular flexibility index (Phi) is 6.26. The predicted octanol–water partition coefficient (Wildman–Crippen LogP) is 4.17. The minimum absolute atomic E-state index is 0.0425. The molecule has 2 aliphatic heterocycles. The molecule has 1 saturated heterocycles. The molecule has 0 aliphatic carbocycles. The van der Waals surface area contributed by atoms with Crippen molar-refractivity contribution in [1.82, 2.24) is 4.90 Å². The number of amides is 1. The van der Waals surface area contributed by atoms with Crippen molar-refractivity contribution >= 4 is 44.0 Å². The molecule has 7 nitrogen and oxygen atoms in total. The van der Waals surface area contributed by atoms with Crippen LogP contribution in [0.2, 0.25) is 5.02 Å². The second-order valence-corrected chi connectivity index (χ2v) is 9.81. The number of likely N-dealkylation sites (tertiary alicyclic amines) is 1. The number of hydrogen-bond donors (Lipinski definition) is 1. The Hall–Kier alpha value is -2.84. The Labute approximate surface area is 192 Å². The zero-order valence-electron chi connectivity index (χ0n) is 17.8. The van der Waals surface area contributed by atoms with Gasteiger partial charge in [-0.1, -0.05) is 11.6 Å². The molecular formula is C23H24ClN3O4S. The standard InChI is InChI=1S/C23H24ClN3O4S/c1-15-21(16-3-9-20(31-2)10-4-16)32(29,30)26-22(15)27-13-11-17(12-14-27)23(28)25-19-7-5-18(24)6-8-19/h3-10,17H,11-14H2,1-2H3,(H,25,28). The normalized spacial score (nSPS) is 18.5. The summed E-state index contributed by atoms with van der Waals surface area (Å²) in [4.78, 5) is 14.8. The van der Waals surface area contributed by atoms with E-state index in [1.165, 1.54) is 0 Å². The molecule has 2 heterocycles. The summed E-state index contributed by atoms with van der Waals surface area (Å²) in [5, 5.41) is 3.53. The van der Waals surface area contributed by atoms with Crippen LogP contribution in [0, 0.1) is 5.92 Å². The van der Waals surface area contributed by atoms with Gasteiger partial charge in [-0.3, -0.25) is 4.79 Å². The average Bonchev–Trinajstić information content (AvgIpc) is 3.04. The quantitative estimate of drug-likeness (QED) is 0.719. The molecule has 0 saturated carbocycles. The number of nitrogens with one attached hydrogen (secondary N) is 1. The lowest BCUT2D eigenvalue weighted by atomic mass is 9.95. The lowest BCUT2D eigenvalue weighted by Gasteiger charge is -2.32. The van der Waals surface area contributed by atoms with Crippen molar-refractivity contribution in [1.29, 1.82) is 0 Å². The van der Waals surface area contributed by atoms with Gasteiger partial charge in [0.25, 0.3) is 10.0 Å². The molecule has 0 spiro atoms. The van der Waals surface area contributed by atoms with Crippen molar-refractivity contribution in [2.75, 3.05) is 25.5 Å². The third-order valence-electron chi connectivity index (χ3n) is 5.77. The Morgan fingerprint density at radius 2 is 1.72 bits per heavy atom. The van der Waals surface area contributed by atoms with E-state index in [9.17, 15) is 13.2 Å². The molecule has 2 aromatic carbocycles. The number of sulfonamides is 1. The van der Waals surface area contributed by atoms with Crippen molar-refractivity contribution in [2.45, 2.75) is 19.8 Å². The van der Waals surface area contributed by atoms with Crippen LogP contribution in [0.15, 0.2) is 58.5 Å². The fourth-order valence-corrected chi connectivity index (χ4v) is 5.67. The molecule has 9 heteroatoms. The van der Waals surface area contributed by atoms with Gasteiger partial charge in [-0.15, -0.1) is 4.40 Å². The van der Waals surface area contributed by atoms with Gasteiger partial charge in [-0.2, -0.15) is 8.42 Å². The summed E-state index contributed by atoms with van der Waals surface area (Å²) in [6.07, 6.45) is 1.23. The lowest BCUT2D eigenvalue weighted by molar-refractivity contribution is -0.120. The van der Waals surface area contributed by atoms with E-state index < -0.39 is 10.0 Å². The number of halogens is 1. The van der Waals surface area contributed by atoms with Crippen LogP contribution in [0.5, 0.6) is 5.75 Å². The number of nitrogens with zero attached hydrogens (tertiary/aromatic N) is 2. The summed E-state index contributed by atoms with van der Waals surface area (Å²) in [5.74, 6) is 0.930. The third kappa shape index (κ3) is 4.52. The van der Waals surface area contributed by atoms with Crippen LogP contribution in [0.25, 0.3) is 4.91 Å². The van der Waals surface area contributed by atoms with Gasteiger partial charge in [-0.25, -0.2) is 0 Å². The van der Waals surface area contributed by atoms with Gasteiger partial charge in [0, 0.05) is 35.3 Å². The molecule has 1 N–H and O–H groups in total. The van der Waals surface area contributed by atoms with Crippen LogP contribution in [0.4, 0.5) is 5.69 Å². The first-order chi connectivity index (χ1) is 15.3. The third-order valence-corrected chi connectivity index (χ3v) is 7.49. The van der Waals surface area contributed by atoms with Crippen LogP contribution in [0.1, 0.15) is 25.3 Å². The van der Waals surface area contributed by atoms with Gasteiger partial charge in [0.2, 0.25) is 5.91 Å². The monoisotopic (exact) mass is 473 g/mol. The molecule has 0 atom stereocenters. The highest BCUT2D eigenvalue weighted by molar-refractivity contribution is 8.00. The maximum Gasteiger partial charge on any atom is 0.285 e. The minimum Gasteiger partial charge on any atom is -0.497 e. The van der Waals surface area contributed by atoms with Crippen LogP contribution >= 0.6 is 11.6 Å². The first kappa shape index (κ1) is 22.4. The van der Waals surface area contributed by atoms with Crippen LogP contribution in [-0.2, 0) is 14.8 Å². The molecule has 32 heavy (non-hydrogen) atoms. The predicted molar refractivity (Wildman–Crippen MR) is 126 cm³/mol. The van der Waals surface area contributed by atoms with Gasteiger partial charge in [0.15, 0.2) is 0 Å². The zero-order chi connectivity index (χ0) is 22.9.